The van der Waals surface area contributed by atoms with Gasteiger partial charge in [0, 0.05) is 38.2 Å². The quantitative estimate of drug-likeness (QED) is 0.141. The van der Waals surface area contributed by atoms with E-state index in [4.69, 9.17) is 28.4 Å². The first-order valence-electron chi connectivity index (χ1n) is 20.9. The molecular formula is C48H51NO15. The number of ether oxygens (including phenoxy) is 6. The third-order valence-corrected chi connectivity index (χ3v) is 13.4. The van der Waals surface area contributed by atoms with Crippen molar-refractivity contribution >= 4 is 41.5 Å². The highest BCUT2D eigenvalue weighted by Crippen LogP contribution is 2.67. The topological polar surface area (TPSA) is 227 Å². The molecule has 3 fully saturated rings. The Hall–Kier alpha value is -6.23. The highest BCUT2D eigenvalue weighted by Gasteiger charge is 2.83. The fourth-order valence-corrected chi connectivity index (χ4v) is 10.4. The van der Waals surface area contributed by atoms with E-state index in [1.165, 1.54) is 26.0 Å². The lowest BCUT2D eigenvalue weighted by Crippen LogP contribution is -2.73. The summed E-state index contributed by atoms with van der Waals surface area (Å²) in [6, 6.07) is 22.8. The van der Waals surface area contributed by atoms with Gasteiger partial charge in [0.05, 0.1) is 29.5 Å². The Morgan fingerprint density at radius 3 is 1.84 bits per heavy atom. The molecule has 7 rings (SSSR count). The van der Waals surface area contributed by atoms with E-state index in [1.54, 1.807) is 92.7 Å². The number of aliphatic hydroxyl groups is 2. The highest BCUT2D eigenvalue weighted by atomic mass is 16.7. The van der Waals surface area contributed by atoms with Crippen molar-refractivity contribution in [1.29, 1.82) is 0 Å². The van der Waals surface area contributed by atoms with Crippen LogP contribution in [0.1, 0.15) is 87.2 Å². The predicted molar refractivity (Wildman–Crippen MR) is 223 cm³/mol. The summed E-state index contributed by atoms with van der Waals surface area (Å²) in [7, 11) is 0. The van der Waals surface area contributed by atoms with Crippen molar-refractivity contribution in [3.8, 4) is 0 Å². The van der Waals surface area contributed by atoms with Crippen molar-refractivity contribution in [3.05, 3.63) is 119 Å². The average Bonchev–Trinajstić information content (AvgIpc) is 3.37. The number of benzene rings is 3. The largest absolute Gasteiger partial charge is 0.459 e. The maximum absolute atomic E-state index is 15.7. The van der Waals surface area contributed by atoms with Gasteiger partial charge in [-0.15, -0.1) is 0 Å². The van der Waals surface area contributed by atoms with Crippen LogP contribution in [0.25, 0.3) is 0 Å². The predicted octanol–water partition coefficient (Wildman–Crippen LogP) is 3.92. The Balaban J connectivity index is 1.40. The van der Waals surface area contributed by atoms with E-state index in [1.807, 2.05) is 0 Å². The minimum absolute atomic E-state index is 0.0329. The molecule has 2 unspecified atom stereocenters. The van der Waals surface area contributed by atoms with Gasteiger partial charge in [-0.3, -0.25) is 24.0 Å². The van der Waals surface area contributed by atoms with Crippen LogP contribution in [0.4, 0.5) is 0 Å². The molecule has 1 heterocycles. The fourth-order valence-electron chi connectivity index (χ4n) is 10.4. The van der Waals surface area contributed by atoms with Gasteiger partial charge in [0.15, 0.2) is 23.6 Å². The molecule has 0 aromatic heterocycles. The molecule has 0 spiro atoms. The summed E-state index contributed by atoms with van der Waals surface area (Å²) in [6.07, 6.45) is -10.7. The molecule has 11 atom stereocenters. The minimum atomic E-state index is -2.42. The number of Topliss-reactive ketones (excluding diaryl/α,β-unsaturated/α-hetero) is 1. The van der Waals surface area contributed by atoms with Crippen molar-refractivity contribution in [2.75, 3.05) is 6.61 Å². The standard InChI is InChI=1S/C48H51NO15/c1-25-32(62-44(57)35(53)34(29-17-11-8-12-18-29)49-42(55)30-19-13-9-14-20-30)23-48(58)39(63-43(56)31-21-15-10-16-22-31)37-46(7,38(54)36(60-26(2)50)33(25)45(48,5)6)40(61-27(3)51)41-47(37,24-59-41)64-28(4)52/h8-22,32,34-37,39-41,53,58H,23-24H2,1-7H3,(H,49,55)/t32-,34-,35+,36+,37?,39-,40-,41?,46+,47+,48+/m0/s1. The number of fused-ring (bicyclic) bond motifs is 5. The highest BCUT2D eigenvalue weighted by molar-refractivity contribution is 5.97. The number of nitrogens with one attached hydrogen (secondary N) is 1. The molecule has 3 aromatic rings. The zero-order valence-corrected chi connectivity index (χ0v) is 36.4. The Bertz CT molecular complexity index is 2380. The molecule has 16 nitrogen and oxygen atoms in total. The molecule has 4 aliphatic rings. The lowest BCUT2D eigenvalue weighted by atomic mass is 9.50. The van der Waals surface area contributed by atoms with E-state index in [0.717, 1.165) is 20.8 Å². The third kappa shape index (κ3) is 7.56. The summed E-state index contributed by atoms with van der Waals surface area (Å²) in [5, 5.41) is 28.3. The van der Waals surface area contributed by atoms with E-state index in [-0.39, 0.29) is 22.3 Å². The second-order valence-corrected chi connectivity index (χ2v) is 17.6. The number of carbonyl (C=O) groups is 7. The lowest BCUT2D eigenvalue weighted by Gasteiger charge is -2.60. The van der Waals surface area contributed by atoms with Crippen LogP contribution in [-0.4, -0.2) is 106 Å². The van der Waals surface area contributed by atoms with E-state index >= 15 is 4.79 Å². The van der Waals surface area contributed by atoms with Gasteiger partial charge in [0.2, 0.25) is 0 Å². The summed E-state index contributed by atoms with van der Waals surface area (Å²) in [5.74, 6) is -7.86. The van der Waals surface area contributed by atoms with Crippen molar-refractivity contribution in [1.82, 2.24) is 5.32 Å². The number of ketones is 1. The number of hydrogen-bond donors (Lipinski definition) is 3. The van der Waals surface area contributed by atoms with Crippen molar-refractivity contribution in [2.45, 2.75) is 109 Å². The first kappa shape index (κ1) is 45.8. The summed E-state index contributed by atoms with van der Waals surface area (Å²) in [4.78, 5) is 96.8. The zero-order valence-electron chi connectivity index (χ0n) is 36.4. The molecule has 64 heavy (non-hydrogen) atoms. The van der Waals surface area contributed by atoms with Crippen LogP contribution in [0.3, 0.4) is 0 Å². The molecule has 1 saturated heterocycles. The monoisotopic (exact) mass is 881 g/mol. The summed E-state index contributed by atoms with van der Waals surface area (Å²) in [5.41, 5.74) is -7.34. The minimum Gasteiger partial charge on any atom is -0.459 e. The Kier molecular flexibility index (Phi) is 12.2. The maximum atomic E-state index is 15.7. The number of carbonyl (C=O) groups excluding carboxylic acids is 7. The lowest BCUT2D eigenvalue weighted by molar-refractivity contribution is -0.288. The SMILES string of the molecule is CC(=O)O[C@H]1C(=O)[C@@]2(C)C([C@H](OC(=O)c3ccccc3)[C@]3(O)C[C@H](OC(=O)[C@H](O)[C@@H](NC(=O)c4ccccc4)c4ccccc4)C(C)=C1C3(C)C)[C@]1(OC(C)=O)COC1[C@@H]2OC(C)=O. The second-order valence-electron chi connectivity index (χ2n) is 17.6. The summed E-state index contributed by atoms with van der Waals surface area (Å²) in [6.45, 7) is 8.90. The molecule has 3 aromatic carbocycles. The molecule has 2 bridgehead atoms. The average molecular weight is 882 g/mol. The Morgan fingerprint density at radius 1 is 0.750 bits per heavy atom. The normalized spacial score (nSPS) is 30.9. The maximum Gasteiger partial charge on any atom is 0.338 e. The zero-order chi connectivity index (χ0) is 46.5. The van der Waals surface area contributed by atoms with E-state index < -0.39 is 125 Å². The van der Waals surface area contributed by atoms with E-state index in [0.29, 0.717) is 5.56 Å². The van der Waals surface area contributed by atoms with Crippen LogP contribution in [0, 0.1) is 16.7 Å². The first-order valence-corrected chi connectivity index (χ1v) is 20.9. The van der Waals surface area contributed by atoms with Gasteiger partial charge >= 0.3 is 29.8 Å². The summed E-state index contributed by atoms with van der Waals surface area (Å²) < 4.78 is 36.3. The number of hydrogen-bond acceptors (Lipinski definition) is 15. The molecule has 2 saturated carbocycles. The van der Waals surface area contributed by atoms with Gasteiger partial charge < -0.3 is 44.0 Å². The van der Waals surface area contributed by atoms with Crippen LogP contribution >= 0.6 is 0 Å². The molecule has 0 radical (unpaired) electrons. The Labute approximate surface area is 369 Å². The van der Waals surface area contributed by atoms with Gasteiger partial charge in [-0.1, -0.05) is 80.6 Å². The summed E-state index contributed by atoms with van der Waals surface area (Å²) >= 11 is 0. The van der Waals surface area contributed by atoms with Crippen LogP contribution in [0.5, 0.6) is 0 Å². The second kappa shape index (κ2) is 17.0. The van der Waals surface area contributed by atoms with Crippen molar-refractivity contribution in [2.24, 2.45) is 16.7 Å². The number of esters is 5. The molecule has 1 aliphatic heterocycles. The molecular weight excluding hydrogens is 831 g/mol. The Morgan fingerprint density at radius 2 is 1.31 bits per heavy atom. The molecule has 16 heteroatoms. The number of aliphatic hydroxyl groups excluding tert-OH is 1. The van der Waals surface area contributed by atoms with Gasteiger partial charge in [-0.05, 0) is 54.8 Å². The number of amides is 1. The molecule has 3 N–H and O–H groups in total. The number of rotatable bonds is 11. The smallest absolute Gasteiger partial charge is 0.338 e. The van der Waals surface area contributed by atoms with Crippen LogP contribution in [-0.2, 0) is 52.4 Å². The van der Waals surface area contributed by atoms with Crippen LogP contribution in [0.15, 0.2) is 102 Å². The third-order valence-electron chi connectivity index (χ3n) is 13.4. The molecule has 338 valence electrons. The van der Waals surface area contributed by atoms with E-state index in [2.05, 4.69) is 5.32 Å². The van der Waals surface area contributed by atoms with Crippen molar-refractivity contribution in [3.63, 3.8) is 0 Å². The van der Waals surface area contributed by atoms with E-state index in [9.17, 15) is 39.0 Å². The fraction of sp³-hybridized carbons (Fsp3) is 0.438. The molecule has 3 aliphatic carbocycles. The van der Waals surface area contributed by atoms with Crippen molar-refractivity contribution < 1.29 is 72.2 Å². The van der Waals surface area contributed by atoms with Crippen LogP contribution in [0.2, 0.25) is 0 Å². The first-order chi connectivity index (χ1) is 30.2. The van der Waals surface area contributed by atoms with Gasteiger partial charge in [0.1, 0.15) is 30.0 Å². The van der Waals surface area contributed by atoms with Crippen LogP contribution < -0.4 is 5.32 Å². The van der Waals surface area contributed by atoms with Gasteiger partial charge in [0.25, 0.3) is 5.91 Å². The van der Waals surface area contributed by atoms with Gasteiger partial charge in [-0.2, -0.15) is 0 Å². The van der Waals surface area contributed by atoms with Gasteiger partial charge in [-0.25, -0.2) is 9.59 Å². The molecule has 1 amide bonds.